The summed E-state index contributed by atoms with van der Waals surface area (Å²) in [4.78, 5) is 0.270. The highest BCUT2D eigenvalue weighted by Crippen LogP contribution is 2.53. The van der Waals surface area contributed by atoms with Gasteiger partial charge in [0.1, 0.15) is 27.2 Å². The maximum atomic E-state index is 15.2. The molecule has 6 nitrogen and oxygen atoms in total. The van der Waals surface area contributed by atoms with Gasteiger partial charge in [-0.15, -0.1) is 0 Å². The van der Waals surface area contributed by atoms with Gasteiger partial charge in [0.15, 0.2) is 0 Å². The third-order valence-electron chi connectivity index (χ3n) is 8.93. The van der Waals surface area contributed by atoms with Crippen molar-refractivity contribution in [2.45, 2.75) is 4.90 Å². The van der Waals surface area contributed by atoms with Crippen molar-refractivity contribution in [2.75, 3.05) is 4.31 Å². The molecule has 7 heteroatoms. The van der Waals surface area contributed by atoms with Crippen LogP contribution < -0.4 is 4.31 Å². The SMILES string of the molecule is O=S1(=O)c2c(n(-c3cccc4oc5ccccc5c34)c3ccccc23)-c2ccccc2N1c1cccc2oc3ccccc3c12. The molecular formula is C38H22N2O4S. The Morgan fingerprint density at radius 2 is 0.978 bits per heavy atom. The summed E-state index contributed by atoms with van der Waals surface area (Å²) in [6.45, 7) is 0. The van der Waals surface area contributed by atoms with E-state index in [0.717, 1.165) is 49.5 Å². The van der Waals surface area contributed by atoms with Crippen LogP contribution in [0.25, 0.3) is 71.7 Å². The van der Waals surface area contributed by atoms with E-state index in [-0.39, 0.29) is 4.90 Å². The first-order chi connectivity index (χ1) is 22.1. The number of sulfonamides is 1. The van der Waals surface area contributed by atoms with Gasteiger partial charge in [-0.25, -0.2) is 12.7 Å². The summed E-state index contributed by atoms with van der Waals surface area (Å²) in [5, 5.41) is 4.18. The zero-order valence-electron chi connectivity index (χ0n) is 23.6. The van der Waals surface area contributed by atoms with E-state index >= 15 is 8.42 Å². The van der Waals surface area contributed by atoms with Gasteiger partial charge in [0.05, 0.1) is 39.0 Å². The lowest BCUT2D eigenvalue weighted by Crippen LogP contribution is -2.30. The molecule has 0 spiro atoms. The van der Waals surface area contributed by atoms with Gasteiger partial charge in [-0.3, -0.25) is 0 Å². The lowest BCUT2D eigenvalue weighted by Gasteiger charge is -2.32. The molecule has 214 valence electrons. The first-order valence-electron chi connectivity index (χ1n) is 14.7. The maximum absolute atomic E-state index is 15.2. The van der Waals surface area contributed by atoms with E-state index in [1.807, 2.05) is 133 Å². The standard InChI is InChI=1S/C38H22N2O4S/c41-45(42)38-24-12-2-5-15-27(24)39(29-17-9-21-33-35(29)25-13-3-7-19-31(25)43-33)37(38)23-11-1-6-16-28(23)40(45)30-18-10-22-34-36(30)26-14-4-8-20-32(26)44-34/h1-22H. The van der Waals surface area contributed by atoms with Gasteiger partial charge in [0, 0.05) is 21.7 Å². The first kappa shape index (κ1) is 24.6. The fourth-order valence-electron chi connectivity index (χ4n) is 7.16. The van der Waals surface area contributed by atoms with Crippen molar-refractivity contribution in [3.05, 3.63) is 133 Å². The zero-order valence-corrected chi connectivity index (χ0v) is 24.5. The molecule has 9 aromatic rings. The van der Waals surface area contributed by atoms with Crippen LogP contribution in [-0.2, 0) is 10.0 Å². The van der Waals surface area contributed by atoms with E-state index in [9.17, 15) is 0 Å². The van der Waals surface area contributed by atoms with Gasteiger partial charge in [0.2, 0.25) is 0 Å². The summed E-state index contributed by atoms with van der Waals surface area (Å²) in [5.74, 6) is 0. The molecule has 0 aliphatic carbocycles. The highest BCUT2D eigenvalue weighted by molar-refractivity contribution is 7.93. The molecule has 1 aliphatic heterocycles. The second kappa shape index (κ2) is 8.65. The Morgan fingerprint density at radius 1 is 0.467 bits per heavy atom. The number of rotatable bonds is 2. The summed E-state index contributed by atoms with van der Waals surface area (Å²) in [5.41, 5.74) is 7.10. The van der Waals surface area contributed by atoms with Crippen LogP contribution in [0.5, 0.6) is 0 Å². The number of hydrogen-bond donors (Lipinski definition) is 0. The molecule has 10 rings (SSSR count). The smallest absolute Gasteiger partial charge is 0.271 e. The van der Waals surface area contributed by atoms with E-state index in [0.29, 0.717) is 33.6 Å². The molecule has 3 aromatic heterocycles. The number of furan rings is 2. The normalized spacial score (nSPS) is 14.1. The summed E-state index contributed by atoms with van der Waals surface area (Å²) < 4.78 is 46.5. The Labute approximate surface area is 257 Å². The van der Waals surface area contributed by atoms with Crippen LogP contribution in [0, 0.1) is 0 Å². The molecular weight excluding hydrogens is 580 g/mol. The van der Waals surface area contributed by atoms with Gasteiger partial charge < -0.3 is 13.4 Å². The van der Waals surface area contributed by atoms with Crippen molar-refractivity contribution in [2.24, 2.45) is 0 Å². The molecule has 0 atom stereocenters. The van der Waals surface area contributed by atoms with Crippen LogP contribution in [0.1, 0.15) is 0 Å². The summed E-state index contributed by atoms with van der Waals surface area (Å²) in [6, 6.07) is 42.7. The predicted molar refractivity (Wildman–Crippen MR) is 179 cm³/mol. The molecule has 0 unspecified atom stereocenters. The van der Waals surface area contributed by atoms with Crippen LogP contribution in [0.4, 0.5) is 11.4 Å². The molecule has 0 bridgehead atoms. The van der Waals surface area contributed by atoms with E-state index in [2.05, 4.69) is 4.57 Å². The number of benzene rings is 6. The van der Waals surface area contributed by atoms with Gasteiger partial charge in [-0.1, -0.05) is 84.9 Å². The van der Waals surface area contributed by atoms with Crippen molar-refractivity contribution in [3.8, 4) is 16.9 Å². The van der Waals surface area contributed by atoms with Crippen LogP contribution in [-0.4, -0.2) is 13.0 Å². The number of hydrogen-bond acceptors (Lipinski definition) is 4. The Kier molecular flexibility index (Phi) is 4.73. The monoisotopic (exact) mass is 602 g/mol. The summed E-state index contributed by atoms with van der Waals surface area (Å²) in [7, 11) is -4.14. The zero-order chi connectivity index (χ0) is 29.9. The second-order valence-electron chi connectivity index (χ2n) is 11.3. The Bertz CT molecular complexity index is 2800. The topological polar surface area (TPSA) is 68.6 Å². The molecule has 0 saturated heterocycles. The predicted octanol–water partition coefficient (Wildman–Crippen LogP) is 9.94. The maximum Gasteiger partial charge on any atom is 0.271 e. The number of para-hydroxylation sites is 4. The molecule has 0 radical (unpaired) electrons. The molecule has 0 N–H and O–H groups in total. The van der Waals surface area contributed by atoms with Crippen molar-refractivity contribution in [1.82, 2.24) is 4.57 Å². The minimum atomic E-state index is -4.14. The first-order valence-corrected chi connectivity index (χ1v) is 16.1. The van der Waals surface area contributed by atoms with Crippen molar-refractivity contribution >= 4 is 76.2 Å². The minimum absolute atomic E-state index is 0.270. The van der Waals surface area contributed by atoms with Crippen LogP contribution in [0.3, 0.4) is 0 Å². The molecule has 1 aliphatic rings. The van der Waals surface area contributed by atoms with Gasteiger partial charge in [-0.05, 0) is 48.5 Å². The van der Waals surface area contributed by atoms with Gasteiger partial charge in [0.25, 0.3) is 10.0 Å². The fourth-order valence-corrected chi connectivity index (χ4v) is 9.07. The Morgan fingerprint density at radius 3 is 1.69 bits per heavy atom. The average molecular weight is 603 g/mol. The molecule has 0 fully saturated rings. The highest BCUT2D eigenvalue weighted by atomic mass is 32.2. The highest BCUT2D eigenvalue weighted by Gasteiger charge is 2.42. The van der Waals surface area contributed by atoms with Crippen molar-refractivity contribution < 1.29 is 17.3 Å². The molecule has 6 aromatic carbocycles. The Hall–Kier alpha value is -5.79. The average Bonchev–Trinajstić information content (AvgIpc) is 3.75. The van der Waals surface area contributed by atoms with Crippen LogP contribution in [0.2, 0.25) is 0 Å². The van der Waals surface area contributed by atoms with E-state index in [1.165, 1.54) is 4.31 Å². The third kappa shape index (κ3) is 3.15. The van der Waals surface area contributed by atoms with Crippen molar-refractivity contribution in [1.29, 1.82) is 0 Å². The van der Waals surface area contributed by atoms with E-state index in [1.54, 1.807) is 0 Å². The molecule has 0 amide bonds. The van der Waals surface area contributed by atoms with Gasteiger partial charge in [-0.2, -0.15) is 0 Å². The summed E-state index contributed by atoms with van der Waals surface area (Å²) >= 11 is 0. The minimum Gasteiger partial charge on any atom is -0.456 e. The third-order valence-corrected chi connectivity index (χ3v) is 10.7. The number of aromatic nitrogens is 1. The fraction of sp³-hybridized carbons (Fsp3) is 0. The molecule has 4 heterocycles. The largest absolute Gasteiger partial charge is 0.456 e. The van der Waals surface area contributed by atoms with Crippen LogP contribution in [0.15, 0.2) is 147 Å². The summed E-state index contributed by atoms with van der Waals surface area (Å²) in [6.07, 6.45) is 0. The lowest BCUT2D eigenvalue weighted by molar-refractivity contribution is 0.596. The van der Waals surface area contributed by atoms with E-state index in [4.69, 9.17) is 8.83 Å². The molecule has 0 saturated carbocycles. The lowest BCUT2D eigenvalue weighted by atomic mass is 10.1. The van der Waals surface area contributed by atoms with Crippen LogP contribution >= 0.6 is 0 Å². The molecule has 45 heavy (non-hydrogen) atoms. The second-order valence-corrected chi connectivity index (χ2v) is 13.0. The van der Waals surface area contributed by atoms with E-state index < -0.39 is 10.0 Å². The van der Waals surface area contributed by atoms with Crippen molar-refractivity contribution in [3.63, 3.8) is 0 Å². The number of fused-ring (bicyclic) bond motifs is 11. The Balaban J connectivity index is 1.36. The van der Waals surface area contributed by atoms with Gasteiger partial charge >= 0.3 is 0 Å². The number of nitrogens with zero attached hydrogens (tertiary/aromatic N) is 2. The number of anilines is 2. The quantitative estimate of drug-likeness (QED) is 0.197.